The molecule has 1 rings (SSSR count). The molecule has 0 aromatic heterocycles. The summed E-state index contributed by atoms with van der Waals surface area (Å²) in [7, 11) is 0. The van der Waals surface area contributed by atoms with E-state index in [-0.39, 0.29) is 0 Å². The van der Waals surface area contributed by atoms with E-state index in [1.807, 2.05) is 12.1 Å². The third-order valence-electron chi connectivity index (χ3n) is 0.949. The number of rotatable bonds is 0. The first-order valence-corrected chi connectivity index (χ1v) is 5.04. The van der Waals surface area contributed by atoms with Crippen molar-refractivity contribution < 1.29 is 0 Å². The van der Waals surface area contributed by atoms with Crippen LogP contribution in [0.15, 0.2) is 16.6 Å². The van der Waals surface area contributed by atoms with Gasteiger partial charge in [0.25, 0.3) is 0 Å². The fourth-order valence-corrected chi connectivity index (χ4v) is 2.66. The Hall–Kier alpha value is 1.01. The van der Waals surface area contributed by atoms with Crippen LogP contribution in [0.4, 0.5) is 0 Å². The summed E-state index contributed by atoms with van der Waals surface area (Å²) < 4.78 is 1.91. The summed E-state index contributed by atoms with van der Waals surface area (Å²) >= 11 is 17.0. The number of hydrogen-bond acceptors (Lipinski definition) is 0. The summed E-state index contributed by atoms with van der Waals surface area (Å²) in [6.07, 6.45) is 0. The Labute approximate surface area is 91.2 Å². The first kappa shape index (κ1) is 9.10. The second-order valence-electron chi connectivity index (χ2n) is 1.68. The molecule has 0 fully saturated rings. The van der Waals surface area contributed by atoms with E-state index >= 15 is 0 Å². The van der Waals surface area contributed by atoms with Crippen molar-refractivity contribution in [1.82, 2.24) is 0 Å². The molecule has 54 valence electrons. The molecule has 0 amide bonds. The zero-order valence-electron chi connectivity index (χ0n) is 4.67. The van der Waals surface area contributed by atoms with Crippen LogP contribution < -0.4 is 0 Å². The fourth-order valence-electron chi connectivity index (χ4n) is 0.525. The van der Waals surface area contributed by atoms with E-state index in [0.29, 0.717) is 10.0 Å². The number of benzene rings is 1. The average molecular weight is 352 g/mol. The summed E-state index contributed by atoms with van der Waals surface area (Å²) in [5.74, 6) is 0. The van der Waals surface area contributed by atoms with Crippen LogP contribution in [0.2, 0.25) is 10.0 Å². The van der Waals surface area contributed by atoms with Crippen LogP contribution in [-0.2, 0) is 0 Å². The zero-order valence-corrected chi connectivity index (χ0v) is 9.92. The molecule has 0 bridgehead atoms. The van der Waals surface area contributed by atoms with Crippen LogP contribution in [-0.4, -0.2) is 0 Å². The van der Waals surface area contributed by atoms with Gasteiger partial charge in [-0.25, -0.2) is 0 Å². The van der Waals surface area contributed by atoms with Gasteiger partial charge in [-0.15, -0.1) is 0 Å². The summed E-state index contributed by atoms with van der Waals surface area (Å²) in [6, 6.07) is 3.73. The predicted octanol–water partition coefficient (Wildman–Crippen LogP) is 4.36. The van der Waals surface area contributed by atoms with Crippen molar-refractivity contribution in [3.05, 3.63) is 30.2 Å². The molecule has 0 aliphatic rings. The highest BCUT2D eigenvalue weighted by atomic mass is 127. The number of halogens is 4. The monoisotopic (exact) mass is 350 g/mol. The van der Waals surface area contributed by atoms with Gasteiger partial charge in [-0.05, 0) is 50.7 Å². The summed E-state index contributed by atoms with van der Waals surface area (Å²) in [5, 5.41) is 1.16. The van der Waals surface area contributed by atoms with Gasteiger partial charge in [-0.1, -0.05) is 23.2 Å². The maximum atomic E-state index is 5.77. The molecule has 0 nitrogen and oxygen atoms in total. The van der Waals surface area contributed by atoms with Gasteiger partial charge in [-0.3, -0.25) is 0 Å². The first-order chi connectivity index (χ1) is 4.61. The lowest BCUT2D eigenvalue weighted by atomic mass is 10.4. The van der Waals surface area contributed by atoms with E-state index in [9.17, 15) is 0 Å². The van der Waals surface area contributed by atoms with Gasteiger partial charge < -0.3 is 0 Å². The summed E-state index contributed by atoms with van der Waals surface area (Å²) in [5.41, 5.74) is 0. The average Bonchev–Trinajstić information content (AvgIpc) is 1.82. The topological polar surface area (TPSA) is 0 Å². The van der Waals surface area contributed by atoms with E-state index < -0.39 is 0 Å². The molecule has 0 spiro atoms. The van der Waals surface area contributed by atoms with Crippen molar-refractivity contribution in [3.8, 4) is 0 Å². The first-order valence-electron chi connectivity index (χ1n) is 2.41. The van der Waals surface area contributed by atoms with Crippen LogP contribution in [0, 0.1) is 3.57 Å². The van der Waals surface area contributed by atoms with Gasteiger partial charge in [0, 0.05) is 8.04 Å². The minimum atomic E-state index is 0.571. The molecule has 1 aromatic carbocycles. The Bertz CT molecular complexity index is 239. The molecule has 10 heavy (non-hydrogen) atoms. The highest BCUT2D eigenvalue weighted by molar-refractivity contribution is 14.1. The van der Waals surface area contributed by atoms with Crippen LogP contribution in [0.5, 0.6) is 0 Å². The normalized spacial score (nSPS) is 10.0. The standard InChI is InChI=1S/C6H2BrCl2I/c7-4-1-3(10)2-5(8)6(4)9/h1-2H. The van der Waals surface area contributed by atoms with Crippen molar-refractivity contribution in [1.29, 1.82) is 0 Å². The molecule has 0 aliphatic heterocycles. The second-order valence-corrected chi connectivity index (χ2v) is 4.57. The van der Waals surface area contributed by atoms with Gasteiger partial charge in [0.1, 0.15) is 0 Å². The Balaban J connectivity index is 3.31. The molecule has 0 aliphatic carbocycles. The zero-order chi connectivity index (χ0) is 7.72. The van der Waals surface area contributed by atoms with Gasteiger partial charge in [-0.2, -0.15) is 0 Å². The van der Waals surface area contributed by atoms with Crippen molar-refractivity contribution in [2.75, 3.05) is 0 Å². The largest absolute Gasteiger partial charge is 0.0826 e. The maximum absolute atomic E-state index is 5.77. The van der Waals surface area contributed by atoms with E-state index in [1.54, 1.807) is 0 Å². The lowest BCUT2D eigenvalue weighted by molar-refractivity contribution is 1.59. The highest BCUT2D eigenvalue weighted by Gasteiger charge is 2.02. The van der Waals surface area contributed by atoms with Crippen LogP contribution >= 0.6 is 61.7 Å². The van der Waals surface area contributed by atoms with Crippen molar-refractivity contribution in [2.45, 2.75) is 0 Å². The molecule has 0 radical (unpaired) electrons. The van der Waals surface area contributed by atoms with Crippen LogP contribution in [0.3, 0.4) is 0 Å². The molecule has 0 atom stereocenters. The Kier molecular flexibility index (Phi) is 3.28. The second kappa shape index (κ2) is 3.61. The minimum absolute atomic E-state index is 0.571. The SMILES string of the molecule is Clc1cc(I)cc(Br)c1Cl. The Morgan fingerprint density at radius 1 is 1.30 bits per heavy atom. The fraction of sp³-hybridized carbons (Fsp3) is 0. The smallest absolute Gasteiger partial charge is 0.0735 e. The Morgan fingerprint density at radius 3 is 2.40 bits per heavy atom. The molecule has 0 N–H and O–H groups in total. The summed E-state index contributed by atoms with van der Waals surface area (Å²) in [4.78, 5) is 0. The molecular formula is C6H2BrCl2I. The van der Waals surface area contributed by atoms with Crippen LogP contribution in [0.1, 0.15) is 0 Å². The van der Waals surface area contributed by atoms with Crippen LogP contribution in [0.25, 0.3) is 0 Å². The molecule has 0 heterocycles. The van der Waals surface area contributed by atoms with Crippen molar-refractivity contribution >= 4 is 61.7 Å². The van der Waals surface area contributed by atoms with Crippen molar-refractivity contribution in [3.63, 3.8) is 0 Å². The molecule has 0 saturated carbocycles. The van der Waals surface area contributed by atoms with Gasteiger partial charge >= 0.3 is 0 Å². The van der Waals surface area contributed by atoms with Crippen molar-refractivity contribution in [2.24, 2.45) is 0 Å². The minimum Gasteiger partial charge on any atom is -0.0826 e. The maximum Gasteiger partial charge on any atom is 0.0735 e. The number of hydrogen-bond donors (Lipinski definition) is 0. The molecular weight excluding hydrogens is 350 g/mol. The lowest BCUT2D eigenvalue weighted by Gasteiger charge is -1.98. The molecule has 1 aromatic rings. The third kappa shape index (κ3) is 2.00. The third-order valence-corrected chi connectivity index (χ3v) is 3.23. The highest BCUT2D eigenvalue weighted by Crippen LogP contribution is 2.31. The van der Waals surface area contributed by atoms with Gasteiger partial charge in [0.05, 0.1) is 10.0 Å². The molecule has 0 saturated heterocycles. The molecule has 4 heteroatoms. The van der Waals surface area contributed by atoms with Gasteiger partial charge in [0.15, 0.2) is 0 Å². The van der Waals surface area contributed by atoms with E-state index in [1.165, 1.54) is 0 Å². The van der Waals surface area contributed by atoms with E-state index in [2.05, 4.69) is 38.5 Å². The quantitative estimate of drug-likeness (QED) is 0.370. The van der Waals surface area contributed by atoms with Gasteiger partial charge in [0.2, 0.25) is 0 Å². The summed E-state index contributed by atoms with van der Waals surface area (Å²) in [6.45, 7) is 0. The molecule has 0 unspecified atom stereocenters. The van der Waals surface area contributed by atoms with E-state index in [4.69, 9.17) is 23.2 Å². The lowest BCUT2D eigenvalue weighted by Crippen LogP contribution is -1.74. The predicted molar refractivity (Wildman–Crippen MR) is 56.9 cm³/mol. The Morgan fingerprint density at radius 2 is 1.90 bits per heavy atom. The van der Waals surface area contributed by atoms with E-state index in [0.717, 1.165) is 8.04 Å².